The Labute approximate surface area is 624 Å². The first-order valence-electron chi connectivity index (χ1n) is 39.6. The van der Waals surface area contributed by atoms with E-state index in [1.165, 1.54) is 127 Å². The summed E-state index contributed by atoms with van der Waals surface area (Å²) >= 11 is 1.28. The second-order valence-electron chi connectivity index (χ2n) is 26.2. The van der Waals surface area contributed by atoms with E-state index in [2.05, 4.69) is 13.8 Å². The molecule has 4 unspecified atom stereocenters. The molecular formula is C77H144N2O23S. The lowest BCUT2D eigenvalue weighted by Crippen LogP contribution is -2.37. The number of ketones is 4. The number of thioether (sulfide) groups is 1. The molecule has 0 saturated carbocycles. The third-order valence-electron chi connectivity index (χ3n) is 16.9. The minimum Gasteiger partial charge on any atom is -0.462 e. The van der Waals surface area contributed by atoms with E-state index < -0.39 is 54.7 Å². The molecular weight excluding hydrogens is 1350 g/mol. The smallest absolute Gasteiger partial charge is 0.306 e. The van der Waals surface area contributed by atoms with Gasteiger partial charge in [-0.3, -0.25) is 33.6 Å². The first-order chi connectivity index (χ1) is 50.4. The van der Waals surface area contributed by atoms with Crippen LogP contribution in [0.4, 0.5) is 0 Å². The molecule has 103 heavy (non-hydrogen) atoms. The van der Waals surface area contributed by atoms with Crippen LogP contribution in [0.5, 0.6) is 0 Å². The van der Waals surface area contributed by atoms with Gasteiger partial charge in [0.2, 0.25) is 5.91 Å². The Hall–Kier alpha value is -3.16. The van der Waals surface area contributed by atoms with Gasteiger partial charge in [0.25, 0.3) is 0 Å². The average molecular weight is 1500 g/mol. The van der Waals surface area contributed by atoms with E-state index in [0.717, 1.165) is 44.9 Å². The van der Waals surface area contributed by atoms with Gasteiger partial charge in [-0.2, -0.15) is 11.8 Å². The predicted octanol–water partition coefficient (Wildman–Crippen LogP) is 10.4. The fourth-order valence-electron chi connectivity index (χ4n) is 10.6. The average Bonchev–Trinajstić information content (AvgIpc) is 0.905. The molecule has 0 bridgehead atoms. The van der Waals surface area contributed by atoms with Crippen LogP contribution in [-0.2, 0) is 99.9 Å². The van der Waals surface area contributed by atoms with Gasteiger partial charge >= 0.3 is 11.9 Å². The van der Waals surface area contributed by atoms with Gasteiger partial charge in [-0.15, -0.1) is 0 Å². The molecule has 0 aliphatic carbocycles. The van der Waals surface area contributed by atoms with E-state index in [1.54, 1.807) is 0 Å². The van der Waals surface area contributed by atoms with Gasteiger partial charge in [-0.05, 0) is 19.3 Å². The molecule has 0 aromatic heterocycles. The summed E-state index contributed by atoms with van der Waals surface area (Å²) in [5, 5.41) is 20.2. The number of aliphatic hydroxyl groups is 2. The Kier molecular flexibility index (Phi) is 77.4. The lowest BCUT2D eigenvalue weighted by Gasteiger charge is -2.20. The molecule has 0 aromatic rings. The minimum absolute atomic E-state index is 0.0516. The Morgan fingerprint density at radius 1 is 0.320 bits per heavy atom. The maximum Gasteiger partial charge on any atom is 0.306 e. The summed E-state index contributed by atoms with van der Waals surface area (Å²) in [5.41, 5.74) is 11.3. The van der Waals surface area contributed by atoms with E-state index in [1.807, 2.05) is 0 Å². The maximum atomic E-state index is 13.3. The fraction of sp³-hybridized carbons (Fsp3) is 0.909. The molecule has 0 rings (SSSR count). The van der Waals surface area contributed by atoms with Crippen LogP contribution < -0.4 is 11.5 Å². The fourth-order valence-corrected chi connectivity index (χ4v) is 11.6. The van der Waals surface area contributed by atoms with Crippen LogP contribution in [0.25, 0.3) is 0 Å². The predicted molar refractivity (Wildman–Crippen MR) is 399 cm³/mol. The quantitative estimate of drug-likeness (QED) is 0.0325. The molecule has 4 atom stereocenters. The molecule has 1 amide bonds. The van der Waals surface area contributed by atoms with Crippen LogP contribution in [0.2, 0.25) is 0 Å². The van der Waals surface area contributed by atoms with Crippen LogP contribution in [0, 0.1) is 11.8 Å². The summed E-state index contributed by atoms with van der Waals surface area (Å²) < 4.78 is 77.5. The zero-order valence-corrected chi connectivity index (χ0v) is 64.9. The summed E-state index contributed by atoms with van der Waals surface area (Å²) in [6.07, 6.45) is 31.2. The first-order valence-corrected chi connectivity index (χ1v) is 40.7. The first kappa shape index (κ1) is 99.8. The Morgan fingerprint density at radius 3 is 0.981 bits per heavy atom. The Balaban J connectivity index is 4.19. The highest BCUT2D eigenvalue weighted by molar-refractivity contribution is 7.99. The molecule has 6 N–H and O–H groups in total. The van der Waals surface area contributed by atoms with Crippen molar-refractivity contribution in [3.8, 4) is 0 Å². The molecule has 0 aliphatic heterocycles. The van der Waals surface area contributed by atoms with Crippen molar-refractivity contribution in [2.24, 2.45) is 23.3 Å². The molecule has 26 heteroatoms. The molecule has 0 spiro atoms. The topological polar surface area (TPSA) is 341 Å². The molecule has 0 radical (unpaired) electrons. The van der Waals surface area contributed by atoms with Crippen LogP contribution >= 0.6 is 11.8 Å². The number of esters is 2. The van der Waals surface area contributed by atoms with E-state index in [4.69, 9.17) is 77.8 Å². The number of hydrogen-bond acceptors (Lipinski definition) is 25. The Bertz CT molecular complexity index is 1950. The van der Waals surface area contributed by atoms with Gasteiger partial charge in [0, 0.05) is 81.3 Å². The van der Waals surface area contributed by atoms with Gasteiger partial charge < -0.3 is 88.0 Å². The normalized spacial score (nSPS) is 12.7. The van der Waals surface area contributed by atoms with Crippen molar-refractivity contribution < 1.29 is 110 Å². The highest BCUT2D eigenvalue weighted by Gasteiger charge is 2.29. The molecule has 0 aromatic carbocycles. The van der Waals surface area contributed by atoms with E-state index in [0.29, 0.717) is 165 Å². The highest BCUT2D eigenvalue weighted by Crippen LogP contribution is 2.20. The number of unbranched alkanes of at least 4 members (excludes halogenated alkanes) is 24. The van der Waals surface area contributed by atoms with E-state index in [-0.39, 0.29) is 99.8 Å². The Morgan fingerprint density at radius 2 is 0.631 bits per heavy atom. The van der Waals surface area contributed by atoms with Gasteiger partial charge in [-0.1, -0.05) is 168 Å². The summed E-state index contributed by atoms with van der Waals surface area (Å²) in [5.74, 6) is -4.23. The zero-order valence-electron chi connectivity index (χ0n) is 64.1. The number of nitrogens with two attached hydrogens (primary N) is 2. The lowest BCUT2D eigenvalue weighted by molar-refractivity contribution is -0.157. The van der Waals surface area contributed by atoms with Gasteiger partial charge in [-0.25, -0.2) is 0 Å². The number of ether oxygens (including phenoxy) is 14. The highest BCUT2D eigenvalue weighted by atomic mass is 32.2. The number of hydrogen-bond donors (Lipinski definition) is 4. The van der Waals surface area contributed by atoms with Gasteiger partial charge in [0.05, 0.1) is 171 Å². The summed E-state index contributed by atoms with van der Waals surface area (Å²) in [6, 6.07) is -0.999. The summed E-state index contributed by atoms with van der Waals surface area (Å²) in [6.45, 7) is 12.8. The standard InChI is InChI=1S/C77H144N2O23S/c1-3-5-7-9-11-13-15-17-19-21-23-25-27-31-76(87)101-64-70(102-77(88)32-28-26-24-22-20-18-16-14-12-10-8-6-4-2)65-103-66-71(78)74(85)61-68(63-81)73(84)60-67(62-80)72(83)30-29-36-89-38-40-91-42-44-93-46-48-95-50-52-97-54-56-99-58-59-100-57-55-98-53-51-96-49-47-94-45-43-92-41-39-90-37-35-69(82)33-34-75(79)86/h67-68,70-71,80-81H,3-66,78H2,1-2H3,(H2,79,86). The number of carbonyl (C=O) groups is 7. The molecule has 0 aliphatic rings. The van der Waals surface area contributed by atoms with Crippen molar-refractivity contribution in [1.29, 1.82) is 0 Å². The zero-order chi connectivity index (χ0) is 75.2. The monoisotopic (exact) mass is 1500 g/mol. The largest absolute Gasteiger partial charge is 0.462 e. The number of aliphatic hydroxyl groups excluding tert-OH is 2. The SMILES string of the molecule is CCCCCCCCCCCCCCCC(=O)OCC(CSCC(N)C(=O)CC(CO)C(=O)CC(CO)C(=O)CCCOCCOCCOCCOCCOCCOCCOCCOCCOCCOCCOCCOCCC(=O)CCC(N)=O)OC(=O)CCCCCCCCCCCCCCC. The number of amides is 1. The van der Waals surface area contributed by atoms with Crippen molar-refractivity contribution in [2.75, 3.05) is 190 Å². The van der Waals surface area contributed by atoms with Gasteiger partial charge in [0.15, 0.2) is 5.78 Å². The minimum atomic E-state index is -1.10. The molecule has 25 nitrogen and oxygen atoms in total. The van der Waals surface area contributed by atoms with Crippen molar-refractivity contribution in [3.63, 3.8) is 0 Å². The second kappa shape index (κ2) is 79.9. The summed E-state index contributed by atoms with van der Waals surface area (Å²) in [4.78, 5) is 87.7. The van der Waals surface area contributed by atoms with Crippen LogP contribution in [0.15, 0.2) is 0 Å². The van der Waals surface area contributed by atoms with E-state index >= 15 is 0 Å². The number of rotatable bonds is 87. The van der Waals surface area contributed by atoms with Crippen molar-refractivity contribution in [3.05, 3.63) is 0 Å². The maximum absolute atomic E-state index is 13.3. The van der Waals surface area contributed by atoms with Crippen molar-refractivity contribution in [2.45, 2.75) is 251 Å². The van der Waals surface area contributed by atoms with Crippen molar-refractivity contribution in [1.82, 2.24) is 0 Å². The number of carbonyl (C=O) groups excluding carboxylic acids is 7. The molecule has 0 saturated heterocycles. The van der Waals surface area contributed by atoms with Crippen LogP contribution in [0.1, 0.15) is 239 Å². The number of Topliss-reactive ketones (excluding diaryl/α,β-unsaturated/α-hetero) is 4. The van der Waals surface area contributed by atoms with Crippen LogP contribution in [0.3, 0.4) is 0 Å². The van der Waals surface area contributed by atoms with E-state index in [9.17, 15) is 43.8 Å². The van der Waals surface area contributed by atoms with Crippen LogP contribution in [-0.4, -0.2) is 253 Å². The number of primary amides is 1. The second-order valence-corrected chi connectivity index (χ2v) is 27.3. The molecule has 0 heterocycles. The van der Waals surface area contributed by atoms with Crippen molar-refractivity contribution >= 4 is 52.7 Å². The summed E-state index contributed by atoms with van der Waals surface area (Å²) in [7, 11) is 0. The lowest BCUT2D eigenvalue weighted by atomic mass is 9.88. The molecule has 0 fully saturated rings. The third-order valence-corrected chi connectivity index (χ3v) is 18.1. The third kappa shape index (κ3) is 72.8. The molecule has 606 valence electrons. The van der Waals surface area contributed by atoms with Gasteiger partial charge in [0.1, 0.15) is 30.1 Å².